The summed E-state index contributed by atoms with van der Waals surface area (Å²) >= 11 is 0. The normalized spacial score (nSPS) is 14.1. The fraction of sp³-hybridized carbons (Fsp3) is 0.500. The van der Waals surface area contributed by atoms with Crippen molar-refractivity contribution in [3.63, 3.8) is 0 Å². The van der Waals surface area contributed by atoms with E-state index in [0.717, 1.165) is 6.07 Å². The highest BCUT2D eigenvalue weighted by molar-refractivity contribution is 7.89. The molecule has 7 nitrogen and oxygen atoms in total. The van der Waals surface area contributed by atoms with Crippen molar-refractivity contribution in [2.75, 3.05) is 7.05 Å². The fourth-order valence-corrected chi connectivity index (χ4v) is 3.63. The van der Waals surface area contributed by atoms with E-state index in [4.69, 9.17) is 4.52 Å². The Hall–Kier alpha value is -1.55. The van der Waals surface area contributed by atoms with Crippen LogP contribution in [0, 0.1) is 11.7 Å². The van der Waals surface area contributed by atoms with Crippen LogP contribution >= 0.6 is 12.4 Å². The predicted molar refractivity (Wildman–Crippen MR) is 98.1 cm³/mol. The van der Waals surface area contributed by atoms with Crippen molar-refractivity contribution >= 4 is 22.4 Å². The van der Waals surface area contributed by atoms with E-state index in [0.29, 0.717) is 12.2 Å². The molecular weight excluding hydrogens is 383 g/mol. The van der Waals surface area contributed by atoms with E-state index in [2.05, 4.69) is 20.2 Å². The quantitative estimate of drug-likeness (QED) is 0.698. The molecule has 0 amide bonds. The number of halogens is 2. The molecule has 2 rings (SSSR count). The molecule has 0 bridgehead atoms. The van der Waals surface area contributed by atoms with Gasteiger partial charge in [-0.05, 0) is 32.0 Å². The van der Waals surface area contributed by atoms with Gasteiger partial charge in [0, 0.05) is 12.5 Å². The summed E-state index contributed by atoms with van der Waals surface area (Å²) in [4.78, 5) is 3.87. The Bertz CT molecular complexity index is 813. The van der Waals surface area contributed by atoms with Crippen molar-refractivity contribution in [3.8, 4) is 0 Å². The van der Waals surface area contributed by atoms with Crippen LogP contribution < -0.4 is 10.0 Å². The number of nitrogens with zero attached hydrogens (tertiary/aromatic N) is 2. The summed E-state index contributed by atoms with van der Waals surface area (Å²) < 4.78 is 46.6. The lowest BCUT2D eigenvalue weighted by Gasteiger charge is -2.18. The van der Waals surface area contributed by atoms with Crippen molar-refractivity contribution in [1.82, 2.24) is 20.2 Å². The Labute approximate surface area is 159 Å². The van der Waals surface area contributed by atoms with Gasteiger partial charge < -0.3 is 9.84 Å². The number of benzene rings is 1. The maximum absolute atomic E-state index is 13.8. The first kappa shape index (κ1) is 22.5. The zero-order valence-electron chi connectivity index (χ0n) is 15.1. The summed E-state index contributed by atoms with van der Waals surface area (Å²) in [6, 6.07) is 4.60. The minimum atomic E-state index is -4.07. The minimum Gasteiger partial charge on any atom is -0.338 e. The maximum atomic E-state index is 13.8. The van der Waals surface area contributed by atoms with E-state index < -0.39 is 26.8 Å². The first-order valence-electron chi connectivity index (χ1n) is 8.01. The topological polar surface area (TPSA) is 97.1 Å². The van der Waals surface area contributed by atoms with Crippen LogP contribution in [0.5, 0.6) is 0 Å². The minimum absolute atomic E-state index is 0. The molecule has 26 heavy (non-hydrogen) atoms. The average Bonchev–Trinajstić information content (AvgIpc) is 3.00. The number of sulfonamides is 1. The molecule has 0 aliphatic heterocycles. The molecule has 0 fully saturated rings. The Morgan fingerprint density at radius 2 is 1.88 bits per heavy atom. The van der Waals surface area contributed by atoms with Gasteiger partial charge in [-0.15, -0.1) is 12.4 Å². The third-order valence-electron chi connectivity index (χ3n) is 3.81. The molecule has 0 saturated heterocycles. The van der Waals surface area contributed by atoms with Crippen LogP contribution in [0.1, 0.15) is 38.5 Å². The number of hydrogen-bond donors (Lipinski definition) is 2. The van der Waals surface area contributed by atoms with Gasteiger partial charge in [0.05, 0.1) is 0 Å². The predicted octanol–water partition coefficient (Wildman–Crippen LogP) is 2.46. The van der Waals surface area contributed by atoms with Gasteiger partial charge in [-0.2, -0.15) is 9.71 Å². The molecule has 0 radical (unpaired) electrons. The van der Waals surface area contributed by atoms with Crippen LogP contribution in [0.3, 0.4) is 0 Å². The fourth-order valence-electron chi connectivity index (χ4n) is 2.22. The molecule has 2 unspecified atom stereocenters. The van der Waals surface area contributed by atoms with Gasteiger partial charge >= 0.3 is 0 Å². The van der Waals surface area contributed by atoms with Crippen LogP contribution in [0.4, 0.5) is 4.39 Å². The van der Waals surface area contributed by atoms with Crippen molar-refractivity contribution in [2.45, 2.75) is 44.2 Å². The summed E-state index contributed by atoms with van der Waals surface area (Å²) in [5, 5.41) is 6.96. The molecule has 1 heterocycles. The van der Waals surface area contributed by atoms with Gasteiger partial charge in [0.2, 0.25) is 15.9 Å². The molecule has 1 aromatic carbocycles. The van der Waals surface area contributed by atoms with Crippen LogP contribution in [0.25, 0.3) is 0 Å². The van der Waals surface area contributed by atoms with E-state index in [-0.39, 0.29) is 30.3 Å². The third-order valence-corrected chi connectivity index (χ3v) is 5.28. The molecule has 0 aliphatic carbocycles. The van der Waals surface area contributed by atoms with Gasteiger partial charge in [0.15, 0.2) is 5.82 Å². The van der Waals surface area contributed by atoms with Crippen molar-refractivity contribution in [2.24, 2.45) is 5.92 Å². The van der Waals surface area contributed by atoms with Gasteiger partial charge in [0.1, 0.15) is 16.8 Å². The Morgan fingerprint density at radius 3 is 2.46 bits per heavy atom. The third kappa shape index (κ3) is 5.47. The summed E-state index contributed by atoms with van der Waals surface area (Å²) in [5.74, 6) is -0.344. The van der Waals surface area contributed by atoms with Crippen molar-refractivity contribution in [1.29, 1.82) is 0 Å². The highest BCUT2D eigenvalue weighted by atomic mass is 35.5. The van der Waals surface area contributed by atoms with E-state index in [1.807, 2.05) is 27.8 Å². The monoisotopic (exact) mass is 406 g/mol. The van der Waals surface area contributed by atoms with Gasteiger partial charge in [-0.25, -0.2) is 12.8 Å². The largest absolute Gasteiger partial charge is 0.338 e. The van der Waals surface area contributed by atoms with Crippen LogP contribution in [0.2, 0.25) is 0 Å². The molecule has 2 aromatic rings. The molecule has 2 atom stereocenters. The second-order valence-corrected chi connectivity index (χ2v) is 7.90. The summed E-state index contributed by atoms with van der Waals surface area (Å²) in [6.07, 6.45) is 0.547. The van der Waals surface area contributed by atoms with Crippen LogP contribution in [-0.2, 0) is 16.4 Å². The molecule has 0 spiro atoms. The standard InChI is InChI=1S/C16H23FN4O3S.ClH/c1-10(2)15(16-19-14(20-24-16)9-11(3)18-4)21-25(22,23)13-8-6-5-7-12(13)17;/h5-8,10-11,15,18,21H,9H2,1-4H3;1H. The number of aromatic nitrogens is 2. The molecule has 2 N–H and O–H groups in total. The second-order valence-electron chi connectivity index (χ2n) is 6.22. The second kappa shape index (κ2) is 9.40. The zero-order valence-corrected chi connectivity index (χ0v) is 16.7. The average molecular weight is 407 g/mol. The summed E-state index contributed by atoms with van der Waals surface area (Å²) in [5.41, 5.74) is 0. The van der Waals surface area contributed by atoms with E-state index >= 15 is 0 Å². The molecule has 0 aliphatic rings. The smallest absolute Gasteiger partial charge is 0.245 e. The summed E-state index contributed by atoms with van der Waals surface area (Å²) in [6.45, 7) is 5.60. The number of rotatable bonds is 8. The number of nitrogens with one attached hydrogen (secondary N) is 2. The van der Waals surface area contributed by atoms with Gasteiger partial charge in [-0.3, -0.25) is 0 Å². The maximum Gasteiger partial charge on any atom is 0.245 e. The van der Waals surface area contributed by atoms with E-state index in [1.165, 1.54) is 18.2 Å². The van der Waals surface area contributed by atoms with Gasteiger partial charge in [-0.1, -0.05) is 31.1 Å². The SMILES string of the molecule is CNC(C)Cc1noc(C(NS(=O)(=O)c2ccccc2F)C(C)C)n1.Cl. The molecule has 146 valence electrons. The first-order chi connectivity index (χ1) is 11.7. The highest BCUT2D eigenvalue weighted by Gasteiger charge is 2.30. The zero-order chi connectivity index (χ0) is 18.6. The highest BCUT2D eigenvalue weighted by Crippen LogP contribution is 2.24. The molecule has 1 aromatic heterocycles. The van der Waals surface area contributed by atoms with E-state index in [1.54, 1.807) is 0 Å². The van der Waals surface area contributed by atoms with Crippen LogP contribution in [0.15, 0.2) is 33.7 Å². The Kier molecular flexibility index (Phi) is 8.14. The first-order valence-corrected chi connectivity index (χ1v) is 9.49. The molecule has 0 saturated carbocycles. The summed E-state index contributed by atoms with van der Waals surface area (Å²) in [7, 11) is -2.24. The molecular formula is C16H24ClFN4O3S. The van der Waals surface area contributed by atoms with Crippen molar-refractivity contribution < 1.29 is 17.3 Å². The molecule has 10 heteroatoms. The lowest BCUT2D eigenvalue weighted by atomic mass is 10.1. The number of hydrogen-bond acceptors (Lipinski definition) is 6. The number of likely N-dealkylation sites (N-methyl/N-ethyl adjacent to an activating group) is 1. The Morgan fingerprint density at radius 1 is 1.23 bits per heavy atom. The van der Waals surface area contributed by atoms with Gasteiger partial charge in [0.25, 0.3) is 0 Å². The Balaban J connectivity index is 0.00000338. The lowest BCUT2D eigenvalue weighted by Crippen LogP contribution is -2.32. The van der Waals surface area contributed by atoms with Crippen LogP contribution in [-0.4, -0.2) is 31.6 Å². The lowest BCUT2D eigenvalue weighted by molar-refractivity contribution is 0.308. The van der Waals surface area contributed by atoms with Crippen molar-refractivity contribution in [3.05, 3.63) is 41.8 Å². The van der Waals surface area contributed by atoms with E-state index in [9.17, 15) is 12.8 Å².